The highest BCUT2D eigenvalue weighted by atomic mass is 16.5. The van der Waals surface area contributed by atoms with Crippen molar-refractivity contribution in [2.45, 2.75) is 37.5 Å². The number of piperidine rings is 1. The molecule has 0 spiro atoms. The standard InChI is InChI=1S/C24H32N2O3.CH2O2/c27-16-17-29-22-10-8-20(9-11-22)18-25-15-12-24(28,21-6-2-1-3-7-21)23(19-25)26-13-4-5-14-26;2-1-3/h1-3,6-11,23,27-28H,4-5,12-19H2;1H,(H,2,3)/t23-,24+;/m1./s1. The normalized spacial score (nSPS) is 23.9. The number of aliphatic hydroxyl groups is 2. The summed E-state index contributed by atoms with van der Waals surface area (Å²) in [7, 11) is 0. The molecule has 0 unspecified atom stereocenters. The number of aliphatic hydroxyl groups excluding tert-OH is 1. The molecule has 0 bridgehead atoms. The Morgan fingerprint density at radius 3 is 2.31 bits per heavy atom. The van der Waals surface area contributed by atoms with Gasteiger partial charge in [0, 0.05) is 19.6 Å². The van der Waals surface area contributed by atoms with E-state index in [4.69, 9.17) is 19.7 Å². The Labute approximate surface area is 189 Å². The molecule has 3 N–H and O–H groups in total. The van der Waals surface area contributed by atoms with Gasteiger partial charge in [0.05, 0.1) is 12.6 Å². The molecule has 2 heterocycles. The molecule has 2 aliphatic heterocycles. The van der Waals surface area contributed by atoms with Crippen LogP contribution in [0, 0.1) is 0 Å². The minimum absolute atomic E-state index is 0.0255. The first-order valence-electron chi connectivity index (χ1n) is 11.3. The van der Waals surface area contributed by atoms with Crippen molar-refractivity contribution in [3.63, 3.8) is 0 Å². The average molecular weight is 443 g/mol. The maximum atomic E-state index is 11.8. The summed E-state index contributed by atoms with van der Waals surface area (Å²) in [5, 5.41) is 27.5. The Hall–Kier alpha value is -2.45. The molecule has 2 aliphatic rings. The quantitative estimate of drug-likeness (QED) is 0.567. The van der Waals surface area contributed by atoms with Crippen molar-refractivity contribution >= 4 is 6.47 Å². The summed E-state index contributed by atoms with van der Waals surface area (Å²) < 4.78 is 5.46. The molecule has 7 nitrogen and oxygen atoms in total. The average Bonchev–Trinajstić information content (AvgIpc) is 3.36. The van der Waals surface area contributed by atoms with Crippen molar-refractivity contribution in [1.82, 2.24) is 9.80 Å². The molecular formula is C25H34N2O5. The lowest BCUT2D eigenvalue weighted by Gasteiger charge is -2.48. The van der Waals surface area contributed by atoms with Crippen LogP contribution in [0.4, 0.5) is 0 Å². The molecule has 7 heteroatoms. The monoisotopic (exact) mass is 442 g/mol. The molecule has 0 aromatic heterocycles. The van der Waals surface area contributed by atoms with Crippen molar-refractivity contribution < 1.29 is 24.9 Å². The van der Waals surface area contributed by atoms with Gasteiger partial charge in [-0.15, -0.1) is 0 Å². The first kappa shape index (κ1) is 24.2. The Kier molecular flexibility index (Phi) is 9.05. The highest BCUT2D eigenvalue weighted by molar-refractivity contribution is 5.32. The molecule has 2 aromatic carbocycles. The van der Waals surface area contributed by atoms with Crippen LogP contribution in [0.5, 0.6) is 5.75 Å². The molecule has 0 saturated carbocycles. The number of carbonyl (C=O) groups is 1. The van der Waals surface area contributed by atoms with Crippen LogP contribution >= 0.6 is 0 Å². The van der Waals surface area contributed by atoms with Crippen molar-refractivity contribution in [3.05, 3.63) is 65.7 Å². The Balaban J connectivity index is 0.000000913. The molecule has 32 heavy (non-hydrogen) atoms. The third kappa shape index (κ3) is 6.07. The molecule has 2 atom stereocenters. The van der Waals surface area contributed by atoms with E-state index in [0.29, 0.717) is 6.61 Å². The Bertz CT molecular complexity index is 811. The van der Waals surface area contributed by atoms with Gasteiger partial charge in [-0.3, -0.25) is 14.6 Å². The van der Waals surface area contributed by atoms with Gasteiger partial charge in [-0.2, -0.15) is 0 Å². The van der Waals surface area contributed by atoms with E-state index >= 15 is 0 Å². The molecule has 0 radical (unpaired) electrons. The van der Waals surface area contributed by atoms with E-state index in [0.717, 1.165) is 50.5 Å². The third-order valence-electron chi connectivity index (χ3n) is 6.34. The van der Waals surface area contributed by atoms with Crippen LogP contribution in [-0.2, 0) is 16.9 Å². The van der Waals surface area contributed by atoms with Gasteiger partial charge in [0.2, 0.25) is 0 Å². The number of ether oxygens (including phenoxy) is 1. The van der Waals surface area contributed by atoms with Crippen LogP contribution in [-0.4, -0.2) is 77.0 Å². The smallest absolute Gasteiger partial charge is 0.290 e. The van der Waals surface area contributed by atoms with Crippen LogP contribution in [0.1, 0.15) is 30.4 Å². The second-order valence-electron chi connectivity index (χ2n) is 8.36. The zero-order chi connectivity index (χ0) is 22.8. The van der Waals surface area contributed by atoms with Crippen molar-refractivity contribution in [1.29, 1.82) is 0 Å². The van der Waals surface area contributed by atoms with Crippen LogP contribution in [0.2, 0.25) is 0 Å². The van der Waals surface area contributed by atoms with Crippen molar-refractivity contribution in [2.75, 3.05) is 39.4 Å². The summed E-state index contributed by atoms with van der Waals surface area (Å²) in [5.74, 6) is 0.787. The highest BCUT2D eigenvalue weighted by Gasteiger charge is 2.46. The number of carboxylic acid groups (broad SMARTS) is 1. The summed E-state index contributed by atoms with van der Waals surface area (Å²) >= 11 is 0. The summed E-state index contributed by atoms with van der Waals surface area (Å²) in [5.41, 5.74) is 1.50. The Morgan fingerprint density at radius 2 is 1.69 bits per heavy atom. The van der Waals surface area contributed by atoms with Crippen molar-refractivity contribution in [3.8, 4) is 5.75 Å². The summed E-state index contributed by atoms with van der Waals surface area (Å²) in [4.78, 5) is 13.3. The topological polar surface area (TPSA) is 93.5 Å². The van der Waals surface area contributed by atoms with E-state index in [2.05, 4.69) is 34.1 Å². The van der Waals surface area contributed by atoms with E-state index in [1.165, 1.54) is 18.4 Å². The first-order valence-corrected chi connectivity index (χ1v) is 11.3. The van der Waals surface area contributed by atoms with Gasteiger partial charge < -0.3 is 20.1 Å². The first-order chi connectivity index (χ1) is 15.6. The minimum atomic E-state index is -0.788. The van der Waals surface area contributed by atoms with Crippen LogP contribution < -0.4 is 4.74 Å². The van der Waals surface area contributed by atoms with Crippen LogP contribution in [0.15, 0.2) is 54.6 Å². The van der Waals surface area contributed by atoms with E-state index in [9.17, 15) is 5.11 Å². The molecule has 4 rings (SSSR count). The fourth-order valence-electron chi connectivity index (χ4n) is 4.77. The second kappa shape index (κ2) is 12.0. The highest BCUT2D eigenvalue weighted by Crippen LogP contribution is 2.37. The lowest BCUT2D eigenvalue weighted by atomic mass is 9.79. The zero-order valence-electron chi connectivity index (χ0n) is 18.5. The van der Waals surface area contributed by atoms with Gasteiger partial charge in [-0.05, 0) is 55.6 Å². The largest absolute Gasteiger partial charge is 0.491 e. The lowest BCUT2D eigenvalue weighted by Crippen LogP contribution is -2.60. The number of likely N-dealkylation sites (tertiary alicyclic amines) is 2. The number of hydrogen-bond acceptors (Lipinski definition) is 6. The summed E-state index contributed by atoms with van der Waals surface area (Å²) in [6, 6.07) is 18.5. The van der Waals surface area contributed by atoms with Crippen molar-refractivity contribution in [2.24, 2.45) is 0 Å². The van der Waals surface area contributed by atoms with Gasteiger partial charge in [0.15, 0.2) is 0 Å². The van der Waals surface area contributed by atoms with Gasteiger partial charge in [-0.25, -0.2) is 0 Å². The maximum Gasteiger partial charge on any atom is 0.290 e. The Morgan fingerprint density at radius 1 is 1.03 bits per heavy atom. The maximum absolute atomic E-state index is 11.8. The molecule has 2 aromatic rings. The van der Waals surface area contributed by atoms with E-state index in [-0.39, 0.29) is 19.1 Å². The van der Waals surface area contributed by atoms with E-state index in [1.807, 2.05) is 30.3 Å². The summed E-state index contributed by atoms with van der Waals surface area (Å²) in [6.45, 7) is 4.86. The van der Waals surface area contributed by atoms with Gasteiger partial charge in [0.25, 0.3) is 6.47 Å². The molecule has 0 amide bonds. The predicted octanol–water partition coefficient (Wildman–Crippen LogP) is 2.32. The van der Waals surface area contributed by atoms with E-state index < -0.39 is 5.60 Å². The molecule has 174 valence electrons. The SMILES string of the molecule is O=CO.OCCOc1ccc(CN2CC[C@](O)(c3ccccc3)[C@H](N3CCCC3)C2)cc1. The van der Waals surface area contributed by atoms with Crippen LogP contribution in [0.25, 0.3) is 0 Å². The van der Waals surface area contributed by atoms with Gasteiger partial charge in [-0.1, -0.05) is 42.5 Å². The number of rotatable bonds is 7. The number of hydrogen-bond donors (Lipinski definition) is 3. The lowest BCUT2D eigenvalue weighted by molar-refractivity contribution is -0.122. The molecule has 0 aliphatic carbocycles. The van der Waals surface area contributed by atoms with Crippen LogP contribution in [0.3, 0.4) is 0 Å². The number of nitrogens with zero attached hydrogens (tertiary/aromatic N) is 2. The minimum Gasteiger partial charge on any atom is -0.491 e. The van der Waals surface area contributed by atoms with Gasteiger partial charge >= 0.3 is 0 Å². The summed E-state index contributed by atoms with van der Waals surface area (Å²) in [6.07, 6.45) is 3.18. The zero-order valence-corrected chi connectivity index (χ0v) is 18.5. The van der Waals surface area contributed by atoms with Gasteiger partial charge in [0.1, 0.15) is 18.0 Å². The molecular weight excluding hydrogens is 408 g/mol. The third-order valence-corrected chi connectivity index (χ3v) is 6.34. The fourth-order valence-corrected chi connectivity index (χ4v) is 4.77. The predicted molar refractivity (Wildman–Crippen MR) is 123 cm³/mol. The number of benzene rings is 2. The molecule has 2 saturated heterocycles. The second-order valence-corrected chi connectivity index (χ2v) is 8.36. The molecule has 2 fully saturated rings. The fraction of sp³-hybridized carbons (Fsp3) is 0.480. The van der Waals surface area contributed by atoms with E-state index in [1.54, 1.807) is 0 Å².